The van der Waals surface area contributed by atoms with E-state index in [1.807, 2.05) is 0 Å². The Bertz CT molecular complexity index is 1330. The molecule has 1 fully saturated rings. The molecule has 0 saturated carbocycles. The molecule has 3 aromatic rings. The van der Waals surface area contributed by atoms with Crippen molar-refractivity contribution in [1.82, 2.24) is 24.4 Å². The van der Waals surface area contributed by atoms with Crippen LogP contribution in [0.15, 0.2) is 36.8 Å². The van der Waals surface area contributed by atoms with Gasteiger partial charge in [0.05, 0.1) is 24.0 Å². The van der Waals surface area contributed by atoms with E-state index in [1.54, 1.807) is 30.6 Å². The number of amides is 2. The number of rotatable bonds is 7. The Kier molecular flexibility index (Phi) is 6.59. The van der Waals surface area contributed by atoms with Crippen molar-refractivity contribution in [1.29, 1.82) is 0 Å². The minimum Gasteiger partial charge on any atom is -0.488 e. The number of aliphatic hydroxyl groups is 1. The minimum absolute atomic E-state index is 0.0680. The summed E-state index contributed by atoms with van der Waals surface area (Å²) in [6.45, 7) is 4.45. The van der Waals surface area contributed by atoms with E-state index in [1.165, 1.54) is 29.5 Å². The topological polar surface area (TPSA) is 112 Å². The van der Waals surface area contributed by atoms with Crippen LogP contribution in [0, 0.1) is 0 Å². The SMILES string of the molecule is CN1CCC(Oc2cc3c(cc2NC(=O)c2cnn4cccnc24)CN(CC(F)C(C)(C)O)C3=O)CC1. The zero-order valence-electron chi connectivity index (χ0n) is 21.1. The fraction of sp³-hybridized carbons (Fsp3) is 0.462. The van der Waals surface area contributed by atoms with Crippen LogP contribution >= 0.6 is 0 Å². The van der Waals surface area contributed by atoms with Crippen molar-refractivity contribution in [2.75, 3.05) is 32.0 Å². The molecule has 4 heterocycles. The molecule has 0 aliphatic carbocycles. The van der Waals surface area contributed by atoms with Gasteiger partial charge in [-0.3, -0.25) is 9.59 Å². The van der Waals surface area contributed by atoms with E-state index >= 15 is 0 Å². The lowest BCUT2D eigenvalue weighted by molar-refractivity contribution is -0.0159. The number of anilines is 1. The van der Waals surface area contributed by atoms with Gasteiger partial charge in [-0.2, -0.15) is 5.10 Å². The van der Waals surface area contributed by atoms with Crippen LogP contribution in [0.25, 0.3) is 5.65 Å². The predicted molar refractivity (Wildman–Crippen MR) is 134 cm³/mol. The third-order valence-electron chi connectivity index (χ3n) is 6.96. The van der Waals surface area contributed by atoms with Gasteiger partial charge in [-0.05, 0) is 57.5 Å². The van der Waals surface area contributed by atoms with Crippen LogP contribution in [0.5, 0.6) is 5.75 Å². The lowest BCUT2D eigenvalue weighted by Gasteiger charge is -2.30. The summed E-state index contributed by atoms with van der Waals surface area (Å²) in [5, 5.41) is 17.1. The molecule has 2 N–H and O–H groups in total. The van der Waals surface area contributed by atoms with E-state index in [0.717, 1.165) is 25.9 Å². The van der Waals surface area contributed by atoms with Gasteiger partial charge in [0.1, 0.15) is 23.6 Å². The number of benzene rings is 1. The van der Waals surface area contributed by atoms with Crippen molar-refractivity contribution in [3.05, 3.63) is 53.5 Å². The highest BCUT2D eigenvalue weighted by Crippen LogP contribution is 2.36. The number of hydrogen-bond acceptors (Lipinski definition) is 7. The van der Waals surface area contributed by atoms with Crippen LogP contribution in [0.2, 0.25) is 0 Å². The number of hydrogen-bond donors (Lipinski definition) is 2. The highest BCUT2D eigenvalue weighted by Gasteiger charge is 2.35. The molecule has 1 atom stereocenters. The monoisotopic (exact) mass is 510 g/mol. The molecule has 11 heteroatoms. The Morgan fingerprint density at radius 2 is 2.08 bits per heavy atom. The molecule has 1 unspecified atom stereocenters. The van der Waals surface area contributed by atoms with Crippen molar-refractivity contribution in [2.45, 2.75) is 51.1 Å². The fourth-order valence-electron chi connectivity index (χ4n) is 4.62. The number of nitrogens with one attached hydrogen (secondary N) is 1. The lowest BCUT2D eigenvalue weighted by Crippen LogP contribution is -2.42. The number of halogens is 1. The second kappa shape index (κ2) is 9.71. The number of piperidine rings is 1. The molecule has 1 saturated heterocycles. The summed E-state index contributed by atoms with van der Waals surface area (Å²) in [5.41, 5.74) is 0.625. The van der Waals surface area contributed by atoms with Crippen LogP contribution in [0.4, 0.5) is 10.1 Å². The van der Waals surface area contributed by atoms with Gasteiger partial charge in [0, 0.05) is 37.6 Å². The highest BCUT2D eigenvalue weighted by atomic mass is 19.1. The van der Waals surface area contributed by atoms with E-state index in [0.29, 0.717) is 33.8 Å². The number of ether oxygens (including phenoxy) is 1. The van der Waals surface area contributed by atoms with E-state index < -0.39 is 17.7 Å². The molecular weight excluding hydrogens is 479 g/mol. The van der Waals surface area contributed by atoms with Gasteiger partial charge < -0.3 is 25.0 Å². The maximum atomic E-state index is 14.6. The van der Waals surface area contributed by atoms with Gasteiger partial charge in [0.2, 0.25) is 0 Å². The molecule has 196 valence electrons. The number of carbonyl (C=O) groups excluding carboxylic acids is 2. The van der Waals surface area contributed by atoms with Crippen molar-refractivity contribution in [3.8, 4) is 5.75 Å². The summed E-state index contributed by atoms with van der Waals surface area (Å²) < 4.78 is 22.4. The molecule has 5 rings (SSSR count). The fourth-order valence-corrected chi connectivity index (χ4v) is 4.62. The maximum absolute atomic E-state index is 14.6. The van der Waals surface area contributed by atoms with E-state index in [-0.39, 0.29) is 25.1 Å². The third-order valence-corrected chi connectivity index (χ3v) is 6.96. The highest BCUT2D eigenvalue weighted by molar-refractivity contribution is 6.09. The molecule has 1 aromatic carbocycles. The number of fused-ring (bicyclic) bond motifs is 2. The van der Waals surface area contributed by atoms with Crippen molar-refractivity contribution >= 4 is 23.1 Å². The average Bonchev–Trinajstić information content (AvgIpc) is 3.41. The number of carbonyl (C=O) groups is 2. The van der Waals surface area contributed by atoms with E-state index in [4.69, 9.17) is 4.74 Å². The van der Waals surface area contributed by atoms with Crippen LogP contribution in [-0.4, -0.2) is 85.9 Å². The normalized spacial score (nSPS) is 17.8. The summed E-state index contributed by atoms with van der Waals surface area (Å²) in [4.78, 5) is 34.2. The molecule has 0 spiro atoms. The first-order chi connectivity index (χ1) is 17.6. The maximum Gasteiger partial charge on any atom is 0.261 e. The average molecular weight is 511 g/mol. The largest absolute Gasteiger partial charge is 0.488 e. The molecule has 2 aliphatic heterocycles. The first-order valence-electron chi connectivity index (χ1n) is 12.4. The summed E-state index contributed by atoms with van der Waals surface area (Å²) in [6, 6.07) is 5.07. The predicted octanol–water partition coefficient (Wildman–Crippen LogP) is 2.52. The van der Waals surface area contributed by atoms with Gasteiger partial charge in [0.25, 0.3) is 11.8 Å². The Labute approximate surface area is 214 Å². The molecular formula is C26H31FN6O4. The Balaban J connectivity index is 1.44. The van der Waals surface area contributed by atoms with E-state index in [2.05, 4.69) is 27.3 Å². The van der Waals surface area contributed by atoms with Crippen LogP contribution in [-0.2, 0) is 6.54 Å². The summed E-state index contributed by atoms with van der Waals surface area (Å²) in [5.74, 6) is -0.352. The van der Waals surface area contributed by atoms with Gasteiger partial charge in [-0.15, -0.1) is 0 Å². The van der Waals surface area contributed by atoms with E-state index in [9.17, 15) is 19.1 Å². The van der Waals surface area contributed by atoms with Crippen LogP contribution in [0.3, 0.4) is 0 Å². The Morgan fingerprint density at radius 1 is 1.32 bits per heavy atom. The second-order valence-corrected chi connectivity index (χ2v) is 10.3. The minimum atomic E-state index is -1.61. The molecule has 10 nitrogen and oxygen atoms in total. The van der Waals surface area contributed by atoms with Gasteiger partial charge in [-0.1, -0.05) is 0 Å². The molecule has 2 aromatic heterocycles. The molecule has 0 radical (unpaired) electrons. The standard InChI is InChI=1S/C26H31FN6O4/c1-26(2,36)22(27)15-32-14-16-11-20(30-24(34)19-13-29-33-8-4-7-28-23(19)33)21(12-18(16)25(32)35)37-17-5-9-31(3)10-6-17/h4,7-8,11-13,17,22,36H,5-6,9-10,14-15H2,1-3H3,(H,30,34). The number of nitrogens with zero attached hydrogens (tertiary/aromatic N) is 5. The third kappa shape index (κ3) is 5.14. The lowest BCUT2D eigenvalue weighted by atomic mass is 10.0. The number of likely N-dealkylation sites (tertiary alicyclic amines) is 1. The van der Waals surface area contributed by atoms with Gasteiger partial charge in [-0.25, -0.2) is 13.9 Å². The Hall–Kier alpha value is -3.57. The van der Waals surface area contributed by atoms with Crippen molar-refractivity contribution < 1.29 is 23.8 Å². The number of aromatic nitrogens is 3. The quantitative estimate of drug-likeness (QED) is 0.502. The molecule has 2 aliphatic rings. The van der Waals surface area contributed by atoms with Crippen LogP contribution in [0.1, 0.15) is 53.0 Å². The number of alkyl halides is 1. The second-order valence-electron chi connectivity index (χ2n) is 10.3. The zero-order chi connectivity index (χ0) is 26.3. The first-order valence-corrected chi connectivity index (χ1v) is 12.4. The summed E-state index contributed by atoms with van der Waals surface area (Å²) in [6.07, 6.45) is 4.69. The van der Waals surface area contributed by atoms with Crippen molar-refractivity contribution in [3.63, 3.8) is 0 Å². The summed E-state index contributed by atoms with van der Waals surface area (Å²) in [7, 11) is 2.06. The van der Waals surface area contributed by atoms with Crippen molar-refractivity contribution in [2.24, 2.45) is 0 Å². The molecule has 37 heavy (non-hydrogen) atoms. The first kappa shape index (κ1) is 25.1. The Morgan fingerprint density at radius 3 is 2.81 bits per heavy atom. The molecule has 2 amide bonds. The van der Waals surface area contributed by atoms with Gasteiger partial charge in [0.15, 0.2) is 5.65 Å². The smallest absolute Gasteiger partial charge is 0.261 e. The van der Waals surface area contributed by atoms with Gasteiger partial charge >= 0.3 is 0 Å². The van der Waals surface area contributed by atoms with Crippen LogP contribution < -0.4 is 10.1 Å². The summed E-state index contributed by atoms with van der Waals surface area (Å²) >= 11 is 0. The molecule has 0 bridgehead atoms. The zero-order valence-corrected chi connectivity index (χ0v) is 21.1.